The summed E-state index contributed by atoms with van der Waals surface area (Å²) >= 11 is 0. The first-order valence-electron chi connectivity index (χ1n) is 36.4. The lowest BCUT2D eigenvalue weighted by atomic mass is 10.0. The molecule has 0 aromatic carbocycles. The molecule has 0 radical (unpaired) electrons. The third-order valence-corrected chi connectivity index (χ3v) is 17.3. The van der Waals surface area contributed by atoms with E-state index in [1.54, 1.807) is 0 Å². The number of allylic oxidation sites excluding steroid dienone is 2. The van der Waals surface area contributed by atoms with E-state index in [2.05, 4.69) is 31.3 Å². The van der Waals surface area contributed by atoms with Gasteiger partial charge in [-0.3, -0.25) is 9.59 Å². The zero-order valence-corrected chi connectivity index (χ0v) is 53.9. The van der Waals surface area contributed by atoms with Crippen molar-refractivity contribution in [2.45, 2.75) is 431 Å². The van der Waals surface area contributed by atoms with E-state index in [-0.39, 0.29) is 18.5 Å². The maximum Gasteiger partial charge on any atom is 0.305 e. The lowest BCUT2D eigenvalue weighted by Crippen LogP contribution is -2.45. The van der Waals surface area contributed by atoms with Gasteiger partial charge >= 0.3 is 5.97 Å². The van der Waals surface area contributed by atoms with Crippen LogP contribution in [-0.4, -0.2) is 47.4 Å². The van der Waals surface area contributed by atoms with Crippen molar-refractivity contribution in [2.24, 2.45) is 0 Å². The molecular formula is C73H143NO5. The third-order valence-electron chi connectivity index (χ3n) is 17.3. The number of aliphatic hydroxyl groups excluding tert-OH is 2. The summed E-state index contributed by atoms with van der Waals surface area (Å²) in [6, 6.07) is -0.539. The Bertz CT molecular complexity index is 1190. The van der Waals surface area contributed by atoms with E-state index < -0.39 is 12.1 Å². The molecule has 0 heterocycles. The van der Waals surface area contributed by atoms with E-state index in [1.807, 2.05) is 0 Å². The molecule has 0 aromatic rings. The number of hydrogen-bond donors (Lipinski definition) is 3. The summed E-state index contributed by atoms with van der Waals surface area (Å²) in [4.78, 5) is 24.6. The first kappa shape index (κ1) is 77.6. The number of esters is 1. The van der Waals surface area contributed by atoms with E-state index in [4.69, 9.17) is 4.74 Å². The molecule has 2 atom stereocenters. The average molecular weight is 1110 g/mol. The number of carbonyl (C=O) groups excluding carboxylic acids is 2. The fourth-order valence-corrected chi connectivity index (χ4v) is 11.8. The zero-order chi connectivity index (χ0) is 57.1. The Morgan fingerprint density at radius 3 is 0.899 bits per heavy atom. The number of ether oxygens (including phenoxy) is 1. The topological polar surface area (TPSA) is 95.9 Å². The Morgan fingerprint density at radius 2 is 0.595 bits per heavy atom. The van der Waals surface area contributed by atoms with Gasteiger partial charge in [-0.1, -0.05) is 366 Å². The van der Waals surface area contributed by atoms with Crippen molar-refractivity contribution in [2.75, 3.05) is 13.2 Å². The molecule has 0 saturated heterocycles. The Labute approximate surface area is 495 Å². The van der Waals surface area contributed by atoms with Crippen LogP contribution in [0.5, 0.6) is 0 Å². The van der Waals surface area contributed by atoms with Crippen molar-refractivity contribution in [3.8, 4) is 0 Å². The normalized spacial score (nSPS) is 12.5. The predicted octanol–water partition coefficient (Wildman–Crippen LogP) is 23.5. The van der Waals surface area contributed by atoms with Crippen molar-refractivity contribution >= 4 is 11.9 Å². The van der Waals surface area contributed by atoms with Crippen LogP contribution >= 0.6 is 0 Å². The molecule has 0 aliphatic carbocycles. The van der Waals surface area contributed by atoms with Crippen LogP contribution in [0, 0.1) is 0 Å². The van der Waals surface area contributed by atoms with Crippen LogP contribution in [0.4, 0.5) is 0 Å². The monoisotopic (exact) mass is 1110 g/mol. The highest BCUT2D eigenvalue weighted by atomic mass is 16.5. The summed E-state index contributed by atoms with van der Waals surface area (Å²) in [5.41, 5.74) is 0. The summed E-state index contributed by atoms with van der Waals surface area (Å²) in [5, 5.41) is 23.4. The van der Waals surface area contributed by atoms with Crippen LogP contribution in [-0.2, 0) is 14.3 Å². The van der Waals surface area contributed by atoms with Crippen molar-refractivity contribution in [3.05, 3.63) is 12.2 Å². The first-order chi connectivity index (χ1) is 39.0. The van der Waals surface area contributed by atoms with Crippen LogP contribution in [0.3, 0.4) is 0 Å². The summed E-state index contributed by atoms with van der Waals surface area (Å²) in [5.74, 6) is -0.0111. The number of nitrogens with one attached hydrogen (secondary N) is 1. The summed E-state index contributed by atoms with van der Waals surface area (Å²) in [6.45, 7) is 4.99. The molecule has 79 heavy (non-hydrogen) atoms. The van der Waals surface area contributed by atoms with Gasteiger partial charge in [0.05, 0.1) is 25.4 Å². The van der Waals surface area contributed by atoms with Crippen molar-refractivity contribution < 1.29 is 24.5 Å². The van der Waals surface area contributed by atoms with Gasteiger partial charge in [0.2, 0.25) is 5.91 Å². The van der Waals surface area contributed by atoms with Crippen molar-refractivity contribution in [1.29, 1.82) is 0 Å². The van der Waals surface area contributed by atoms with Gasteiger partial charge in [0.1, 0.15) is 0 Å². The van der Waals surface area contributed by atoms with Crippen molar-refractivity contribution in [1.82, 2.24) is 5.32 Å². The highest BCUT2D eigenvalue weighted by molar-refractivity contribution is 5.76. The highest BCUT2D eigenvalue weighted by Gasteiger charge is 2.20. The summed E-state index contributed by atoms with van der Waals surface area (Å²) in [7, 11) is 0. The quantitative estimate of drug-likeness (QED) is 0.0320. The number of carbonyl (C=O) groups is 2. The molecule has 0 fully saturated rings. The summed E-state index contributed by atoms with van der Waals surface area (Å²) < 4.78 is 5.51. The Balaban J connectivity index is 3.33. The Hall–Kier alpha value is -1.40. The molecular weight excluding hydrogens is 971 g/mol. The average Bonchev–Trinajstić information content (AvgIpc) is 3.45. The van der Waals surface area contributed by atoms with E-state index in [9.17, 15) is 19.8 Å². The van der Waals surface area contributed by atoms with Crippen molar-refractivity contribution in [3.63, 3.8) is 0 Å². The molecule has 0 aromatic heterocycles. The molecule has 0 rings (SSSR count). The van der Waals surface area contributed by atoms with Gasteiger partial charge in [-0.15, -0.1) is 0 Å². The molecule has 1 amide bonds. The second-order valence-electron chi connectivity index (χ2n) is 25.3. The molecule has 0 aliphatic heterocycles. The van der Waals surface area contributed by atoms with Gasteiger partial charge in [0.15, 0.2) is 0 Å². The standard InChI is InChI=1S/C73H143NO5/c1-3-5-7-9-11-13-15-17-19-33-37-41-45-49-53-57-61-65-71(76)70(69-75)74-72(77)66-62-58-54-50-46-42-38-35-31-29-27-25-23-21-22-24-26-28-30-32-36-40-44-48-52-56-60-64-68-79-73(78)67-63-59-55-51-47-43-39-34-20-18-16-14-12-10-8-6-4-2/h18,20,70-71,75-76H,3-17,19,21-69H2,1-2H3,(H,74,77)/b20-18-. The molecule has 6 heteroatoms. The number of amides is 1. The smallest absolute Gasteiger partial charge is 0.305 e. The number of unbranched alkanes of at least 4 members (excludes halogenated alkanes) is 56. The second kappa shape index (κ2) is 69.1. The third kappa shape index (κ3) is 65.6. The molecule has 3 N–H and O–H groups in total. The minimum Gasteiger partial charge on any atom is -0.466 e. The lowest BCUT2D eigenvalue weighted by molar-refractivity contribution is -0.143. The number of rotatable bonds is 69. The molecule has 0 spiro atoms. The van der Waals surface area contributed by atoms with Crippen LogP contribution in [0.25, 0.3) is 0 Å². The minimum absolute atomic E-state index is 0.0166. The largest absolute Gasteiger partial charge is 0.466 e. The van der Waals surface area contributed by atoms with Crippen LogP contribution in [0.2, 0.25) is 0 Å². The van der Waals surface area contributed by atoms with Gasteiger partial charge in [-0.2, -0.15) is 0 Å². The molecule has 6 nitrogen and oxygen atoms in total. The maximum atomic E-state index is 12.5. The number of aliphatic hydroxyl groups is 2. The Morgan fingerprint density at radius 1 is 0.342 bits per heavy atom. The van der Waals surface area contributed by atoms with Gasteiger partial charge in [-0.25, -0.2) is 0 Å². The Kier molecular flexibility index (Phi) is 67.9. The highest BCUT2D eigenvalue weighted by Crippen LogP contribution is 2.19. The number of hydrogen-bond acceptors (Lipinski definition) is 5. The van der Waals surface area contributed by atoms with Crippen LogP contribution in [0.15, 0.2) is 12.2 Å². The van der Waals surface area contributed by atoms with Crippen LogP contribution in [0.1, 0.15) is 418 Å². The van der Waals surface area contributed by atoms with E-state index in [0.29, 0.717) is 25.9 Å². The molecule has 2 unspecified atom stereocenters. The SMILES string of the molecule is CCCCCCCC/C=C\CCCCCCCCCC(=O)OCCCCCCCCCCCCCCCCCCCCCCCCCCCCCCC(=O)NC(CO)C(O)CCCCCCCCCCCCCCCCCCC. The lowest BCUT2D eigenvalue weighted by Gasteiger charge is -2.22. The van der Waals surface area contributed by atoms with Gasteiger partial charge in [-0.05, 0) is 51.4 Å². The predicted molar refractivity (Wildman–Crippen MR) is 347 cm³/mol. The van der Waals surface area contributed by atoms with E-state index >= 15 is 0 Å². The first-order valence-corrected chi connectivity index (χ1v) is 36.4. The summed E-state index contributed by atoms with van der Waals surface area (Å²) in [6.07, 6.45) is 85.5. The molecule has 470 valence electrons. The fourth-order valence-electron chi connectivity index (χ4n) is 11.8. The second-order valence-corrected chi connectivity index (χ2v) is 25.3. The van der Waals surface area contributed by atoms with Gasteiger partial charge in [0.25, 0.3) is 0 Å². The zero-order valence-electron chi connectivity index (χ0n) is 53.9. The minimum atomic E-state index is -0.662. The maximum absolute atomic E-state index is 12.5. The van der Waals surface area contributed by atoms with Gasteiger partial charge < -0.3 is 20.3 Å². The molecule has 0 saturated carbocycles. The van der Waals surface area contributed by atoms with E-state index in [1.165, 1.54) is 340 Å². The van der Waals surface area contributed by atoms with E-state index in [0.717, 1.165) is 44.9 Å². The fraction of sp³-hybridized carbons (Fsp3) is 0.945. The molecule has 0 aliphatic rings. The molecule has 0 bridgehead atoms. The van der Waals surface area contributed by atoms with Crippen LogP contribution < -0.4 is 5.32 Å². The van der Waals surface area contributed by atoms with Gasteiger partial charge in [0, 0.05) is 12.8 Å².